The van der Waals surface area contributed by atoms with E-state index in [1.165, 1.54) is 18.1 Å². The standard InChI is InChI=1S/C24H19FN4O6/c1-34-15-3-2-12-9-29(21(31)18(12)19(15)25)10-24(22(32)27-23(33)28-24)17-7-13-6-11-4-5-26-20(30)14(11)8-16(13)35-17/h2-3,6-8H,4-5,9-10H2,1H3,(H,26,30)(H2,27,28,32,33)/t24-/m0/s1. The van der Waals surface area contributed by atoms with Crippen molar-refractivity contribution >= 4 is 34.7 Å². The number of ether oxygens (including phenoxy) is 1. The molecule has 0 aliphatic carbocycles. The van der Waals surface area contributed by atoms with Gasteiger partial charge in [-0.05, 0) is 41.8 Å². The lowest BCUT2D eigenvalue weighted by Crippen LogP contribution is -2.52. The van der Waals surface area contributed by atoms with Gasteiger partial charge in [-0.25, -0.2) is 9.18 Å². The van der Waals surface area contributed by atoms with Crippen LogP contribution in [0.5, 0.6) is 5.75 Å². The number of carbonyl (C=O) groups is 4. The molecule has 0 spiro atoms. The van der Waals surface area contributed by atoms with Crippen molar-refractivity contribution in [3.8, 4) is 5.75 Å². The zero-order valence-electron chi connectivity index (χ0n) is 18.5. The molecule has 1 saturated heterocycles. The Hall–Kier alpha value is -4.41. The number of methoxy groups -OCH3 is 1. The minimum absolute atomic E-state index is 0.0364. The Balaban J connectivity index is 1.42. The van der Waals surface area contributed by atoms with Crippen molar-refractivity contribution in [2.45, 2.75) is 18.5 Å². The second kappa shape index (κ2) is 7.29. The lowest BCUT2D eigenvalue weighted by atomic mass is 9.94. The van der Waals surface area contributed by atoms with Crippen LogP contribution in [0, 0.1) is 5.82 Å². The molecule has 10 nitrogen and oxygen atoms in total. The quantitative estimate of drug-likeness (QED) is 0.488. The molecule has 0 bridgehead atoms. The van der Waals surface area contributed by atoms with E-state index in [2.05, 4.69) is 16.0 Å². The number of rotatable bonds is 4. The van der Waals surface area contributed by atoms with Crippen molar-refractivity contribution in [3.05, 3.63) is 64.2 Å². The fraction of sp³-hybridized carbons (Fsp3) is 0.250. The SMILES string of the molecule is COc1ccc2c(c1F)C(=O)N(C[C@@]1(c3cc4cc5c(cc4o3)C(=O)NCC5)NC(=O)NC1=O)C2. The third kappa shape index (κ3) is 3.00. The molecule has 35 heavy (non-hydrogen) atoms. The van der Waals surface area contributed by atoms with Crippen molar-refractivity contribution in [1.29, 1.82) is 0 Å². The van der Waals surface area contributed by atoms with Gasteiger partial charge in [-0.2, -0.15) is 0 Å². The van der Waals surface area contributed by atoms with Gasteiger partial charge in [0.05, 0.1) is 19.2 Å². The van der Waals surface area contributed by atoms with Crippen LogP contribution in [0.1, 0.15) is 37.6 Å². The summed E-state index contributed by atoms with van der Waals surface area (Å²) in [4.78, 5) is 51.9. The summed E-state index contributed by atoms with van der Waals surface area (Å²) < 4.78 is 25.8. The Bertz CT molecular complexity index is 1480. The van der Waals surface area contributed by atoms with Crippen molar-refractivity contribution in [2.75, 3.05) is 20.2 Å². The van der Waals surface area contributed by atoms with Gasteiger partial charge in [0.15, 0.2) is 17.1 Å². The average molecular weight is 478 g/mol. The maximum absolute atomic E-state index is 14.8. The summed E-state index contributed by atoms with van der Waals surface area (Å²) in [5.41, 5.74) is 0.252. The molecule has 1 fully saturated rings. The van der Waals surface area contributed by atoms with Crippen LogP contribution in [0.4, 0.5) is 9.18 Å². The van der Waals surface area contributed by atoms with E-state index in [0.29, 0.717) is 35.1 Å². The Labute approximate surface area is 197 Å². The fourth-order valence-corrected chi connectivity index (χ4v) is 4.99. The maximum Gasteiger partial charge on any atom is 0.322 e. The molecule has 3 aromatic rings. The average Bonchev–Trinajstić information content (AvgIpc) is 3.47. The highest BCUT2D eigenvalue weighted by molar-refractivity contribution is 6.08. The summed E-state index contributed by atoms with van der Waals surface area (Å²) in [6.45, 7) is 0.262. The Morgan fingerprint density at radius 3 is 2.71 bits per heavy atom. The molecule has 0 unspecified atom stereocenters. The van der Waals surface area contributed by atoms with Gasteiger partial charge >= 0.3 is 6.03 Å². The number of amides is 5. The molecule has 11 heteroatoms. The summed E-state index contributed by atoms with van der Waals surface area (Å²) in [6.07, 6.45) is 0.648. The molecule has 178 valence electrons. The fourth-order valence-electron chi connectivity index (χ4n) is 4.99. The van der Waals surface area contributed by atoms with E-state index < -0.39 is 29.2 Å². The summed E-state index contributed by atoms with van der Waals surface area (Å²) in [5.74, 6) is -2.30. The van der Waals surface area contributed by atoms with Gasteiger partial charge < -0.3 is 24.7 Å². The lowest BCUT2D eigenvalue weighted by Gasteiger charge is -2.29. The van der Waals surface area contributed by atoms with Gasteiger partial charge in [-0.3, -0.25) is 19.7 Å². The van der Waals surface area contributed by atoms with Crippen molar-refractivity contribution in [2.24, 2.45) is 0 Å². The molecule has 1 atom stereocenters. The van der Waals surface area contributed by atoms with E-state index in [9.17, 15) is 23.6 Å². The molecule has 5 amide bonds. The Kier molecular flexibility index (Phi) is 4.41. The van der Waals surface area contributed by atoms with Crippen LogP contribution in [-0.2, 0) is 23.3 Å². The predicted molar refractivity (Wildman–Crippen MR) is 118 cm³/mol. The van der Waals surface area contributed by atoms with Crippen LogP contribution in [0.15, 0.2) is 34.7 Å². The first-order chi connectivity index (χ1) is 16.8. The Morgan fingerprint density at radius 2 is 1.97 bits per heavy atom. The molecule has 3 N–H and O–H groups in total. The lowest BCUT2D eigenvalue weighted by molar-refractivity contribution is -0.125. The van der Waals surface area contributed by atoms with E-state index in [0.717, 1.165) is 5.56 Å². The maximum atomic E-state index is 14.8. The zero-order valence-corrected chi connectivity index (χ0v) is 18.5. The minimum atomic E-state index is -1.74. The first-order valence-electron chi connectivity index (χ1n) is 10.9. The highest BCUT2D eigenvalue weighted by Crippen LogP contribution is 2.37. The minimum Gasteiger partial charge on any atom is -0.494 e. The summed E-state index contributed by atoms with van der Waals surface area (Å²) >= 11 is 0. The van der Waals surface area contributed by atoms with E-state index in [1.807, 2.05) is 6.07 Å². The number of halogens is 1. The molecule has 1 aromatic heterocycles. The first-order valence-corrected chi connectivity index (χ1v) is 10.9. The van der Waals surface area contributed by atoms with Crippen LogP contribution in [-0.4, -0.2) is 48.9 Å². The van der Waals surface area contributed by atoms with Crippen molar-refractivity contribution < 1.29 is 32.7 Å². The first kappa shape index (κ1) is 21.1. The highest BCUT2D eigenvalue weighted by atomic mass is 19.1. The van der Waals surface area contributed by atoms with Gasteiger partial charge in [0, 0.05) is 24.0 Å². The second-order valence-corrected chi connectivity index (χ2v) is 8.75. The number of urea groups is 1. The van der Waals surface area contributed by atoms with Crippen LogP contribution >= 0.6 is 0 Å². The van der Waals surface area contributed by atoms with Crippen molar-refractivity contribution in [1.82, 2.24) is 20.9 Å². The van der Waals surface area contributed by atoms with Crippen molar-refractivity contribution in [3.63, 3.8) is 0 Å². The van der Waals surface area contributed by atoms with E-state index in [4.69, 9.17) is 9.15 Å². The number of nitrogens with zero attached hydrogens (tertiary/aromatic N) is 1. The third-order valence-corrected chi connectivity index (χ3v) is 6.73. The molecule has 0 saturated carbocycles. The normalized spacial score (nSPS) is 21.0. The van der Waals surface area contributed by atoms with Crippen LogP contribution in [0.25, 0.3) is 11.0 Å². The number of hydrogen-bond acceptors (Lipinski definition) is 6. The molecular formula is C24H19FN4O6. The number of nitrogens with one attached hydrogen (secondary N) is 3. The number of carbonyl (C=O) groups excluding carboxylic acids is 4. The van der Waals surface area contributed by atoms with Gasteiger partial charge in [-0.15, -0.1) is 0 Å². The molecular weight excluding hydrogens is 459 g/mol. The largest absolute Gasteiger partial charge is 0.494 e. The number of fused-ring (bicyclic) bond motifs is 3. The summed E-state index contributed by atoms with van der Waals surface area (Å²) in [5, 5.41) is 8.23. The summed E-state index contributed by atoms with van der Waals surface area (Å²) in [6, 6.07) is 7.31. The molecule has 4 heterocycles. The third-order valence-electron chi connectivity index (χ3n) is 6.73. The molecule has 3 aliphatic rings. The molecule has 3 aliphatic heterocycles. The molecule has 0 radical (unpaired) electrons. The van der Waals surface area contributed by atoms with Crippen LogP contribution in [0.2, 0.25) is 0 Å². The van der Waals surface area contributed by atoms with Gasteiger partial charge in [0.2, 0.25) is 0 Å². The topological polar surface area (TPSA) is 130 Å². The Morgan fingerprint density at radius 1 is 1.14 bits per heavy atom. The number of hydrogen-bond donors (Lipinski definition) is 3. The second-order valence-electron chi connectivity index (χ2n) is 8.75. The molecule has 2 aromatic carbocycles. The predicted octanol–water partition coefficient (Wildman–Crippen LogP) is 1.56. The van der Waals surface area contributed by atoms with Gasteiger partial charge in [0.25, 0.3) is 17.7 Å². The number of imide groups is 1. The highest BCUT2D eigenvalue weighted by Gasteiger charge is 2.53. The monoisotopic (exact) mass is 478 g/mol. The number of benzene rings is 2. The number of furan rings is 1. The van der Waals surface area contributed by atoms with Crippen LogP contribution < -0.4 is 20.7 Å². The smallest absolute Gasteiger partial charge is 0.322 e. The van der Waals surface area contributed by atoms with E-state index in [1.54, 1.807) is 18.2 Å². The van der Waals surface area contributed by atoms with E-state index >= 15 is 0 Å². The van der Waals surface area contributed by atoms with Gasteiger partial charge in [-0.1, -0.05) is 6.07 Å². The molecule has 6 rings (SSSR count). The van der Waals surface area contributed by atoms with Crippen LogP contribution in [0.3, 0.4) is 0 Å². The van der Waals surface area contributed by atoms with Gasteiger partial charge in [0.1, 0.15) is 11.3 Å². The zero-order chi connectivity index (χ0) is 24.5. The summed E-state index contributed by atoms with van der Waals surface area (Å²) in [7, 11) is 1.30. The van der Waals surface area contributed by atoms with E-state index in [-0.39, 0.29) is 36.1 Å².